The predicted octanol–water partition coefficient (Wildman–Crippen LogP) is 5.07. The van der Waals surface area contributed by atoms with Crippen LogP contribution >= 0.6 is 23.2 Å². The highest BCUT2D eigenvalue weighted by Gasteiger charge is 2.69. The Morgan fingerprint density at radius 3 is 2.38 bits per heavy atom. The summed E-state index contributed by atoms with van der Waals surface area (Å²) in [6.45, 7) is 4.18. The van der Waals surface area contributed by atoms with E-state index < -0.39 is 17.4 Å². The Morgan fingerprint density at radius 1 is 0.949 bits per heavy atom. The molecule has 0 saturated carbocycles. The molecule has 4 atom stereocenters. The first-order chi connectivity index (χ1) is 18.7. The first kappa shape index (κ1) is 24.5. The maximum absolute atomic E-state index is 14.4. The van der Waals surface area contributed by atoms with Crippen LogP contribution < -0.4 is 15.8 Å². The summed E-state index contributed by atoms with van der Waals surface area (Å²) in [4.78, 5) is 48.7. The summed E-state index contributed by atoms with van der Waals surface area (Å²) < 4.78 is 1.61. The molecule has 1 N–H and O–H groups in total. The highest BCUT2D eigenvalue weighted by atomic mass is 35.5. The van der Waals surface area contributed by atoms with E-state index in [4.69, 9.17) is 28.2 Å². The van der Waals surface area contributed by atoms with Gasteiger partial charge >= 0.3 is 0 Å². The number of nitrogens with zero attached hydrogens (tertiary/aromatic N) is 3. The molecular weight excluding hydrogens is 535 g/mol. The van der Waals surface area contributed by atoms with Crippen LogP contribution in [0.4, 0.5) is 5.69 Å². The van der Waals surface area contributed by atoms with Gasteiger partial charge in [0.05, 0.1) is 34.1 Å². The quantitative estimate of drug-likeness (QED) is 0.355. The van der Waals surface area contributed by atoms with Crippen LogP contribution in [0.15, 0.2) is 71.5 Å². The fourth-order valence-corrected chi connectivity index (χ4v) is 7.37. The number of aromatic nitrogens is 2. The minimum Gasteiger partial charge on any atom is -0.297 e. The molecule has 196 valence electrons. The van der Waals surface area contributed by atoms with Gasteiger partial charge in [-0.2, -0.15) is 0 Å². The van der Waals surface area contributed by atoms with Crippen LogP contribution in [0.2, 0.25) is 10.0 Å². The lowest BCUT2D eigenvalue weighted by atomic mass is 9.75. The Morgan fingerprint density at radius 2 is 1.64 bits per heavy atom. The van der Waals surface area contributed by atoms with Gasteiger partial charge in [0, 0.05) is 21.7 Å². The Kier molecular flexibility index (Phi) is 5.34. The fraction of sp³-hybridized carbons (Fsp3) is 0.267. The minimum absolute atomic E-state index is 0.208. The number of rotatable bonds is 3. The second-order valence-electron chi connectivity index (χ2n) is 10.9. The summed E-state index contributed by atoms with van der Waals surface area (Å²) >= 11 is 12.6. The molecule has 9 heteroatoms. The standard InChI is InChI=1S/C30H24Cl2N4O3/c1-15(2)11-22-24-25(28(39)35(27(24)38)18-13-16(31)12-17(32)14-18)30(34-22)20-8-4-6-10-23(20)36-26(37)19-7-3-5-9-21(19)33-29(30)36/h3-10,12-15,22,24-25,34H,11H2,1-2H3. The van der Waals surface area contributed by atoms with Gasteiger partial charge in [0.2, 0.25) is 11.8 Å². The smallest absolute Gasteiger partial charge is 0.266 e. The van der Waals surface area contributed by atoms with Crippen LogP contribution in [-0.2, 0) is 15.1 Å². The van der Waals surface area contributed by atoms with Crippen LogP contribution in [0.3, 0.4) is 0 Å². The first-order valence-corrected chi connectivity index (χ1v) is 13.7. The highest BCUT2D eigenvalue weighted by molar-refractivity contribution is 6.35. The molecular formula is C30H24Cl2N4O3. The number of nitrogens with one attached hydrogen (secondary N) is 1. The van der Waals surface area contributed by atoms with Crippen molar-refractivity contribution in [3.05, 3.63) is 98.5 Å². The molecule has 2 amide bonds. The Labute approximate surface area is 234 Å². The molecule has 0 radical (unpaired) electrons. The molecule has 4 aromatic rings. The van der Waals surface area contributed by atoms with E-state index in [2.05, 4.69) is 19.2 Å². The number of carbonyl (C=O) groups is 2. The minimum atomic E-state index is -1.17. The van der Waals surface area contributed by atoms with Crippen molar-refractivity contribution in [3.8, 4) is 5.69 Å². The number of halogens is 2. The van der Waals surface area contributed by atoms with Crippen LogP contribution in [0.1, 0.15) is 31.7 Å². The maximum atomic E-state index is 14.4. The summed E-state index contributed by atoms with van der Waals surface area (Å²) in [5.41, 5.74) is 0.927. The fourth-order valence-electron chi connectivity index (χ4n) is 6.85. The lowest BCUT2D eigenvalue weighted by Gasteiger charge is -2.32. The number of para-hydroxylation sites is 2. The van der Waals surface area contributed by atoms with E-state index in [9.17, 15) is 14.4 Å². The van der Waals surface area contributed by atoms with Crippen LogP contribution in [0.25, 0.3) is 16.6 Å². The molecule has 4 heterocycles. The Bertz CT molecular complexity index is 1760. The lowest BCUT2D eigenvalue weighted by Crippen LogP contribution is -2.50. The van der Waals surface area contributed by atoms with Gasteiger partial charge in [-0.3, -0.25) is 24.3 Å². The second-order valence-corrected chi connectivity index (χ2v) is 11.8. The van der Waals surface area contributed by atoms with E-state index >= 15 is 0 Å². The molecule has 39 heavy (non-hydrogen) atoms. The summed E-state index contributed by atoms with van der Waals surface area (Å²) in [6, 6.07) is 19.1. The van der Waals surface area contributed by atoms with E-state index in [-0.39, 0.29) is 29.3 Å². The molecule has 7 nitrogen and oxygen atoms in total. The number of carbonyl (C=O) groups excluding carboxylic acids is 2. The van der Waals surface area contributed by atoms with Crippen molar-refractivity contribution in [3.63, 3.8) is 0 Å². The number of hydrogen-bond donors (Lipinski definition) is 1. The van der Waals surface area contributed by atoms with Gasteiger partial charge in [-0.15, -0.1) is 0 Å². The van der Waals surface area contributed by atoms with Crippen molar-refractivity contribution in [2.45, 2.75) is 31.8 Å². The van der Waals surface area contributed by atoms with E-state index in [1.165, 1.54) is 4.90 Å². The summed E-state index contributed by atoms with van der Waals surface area (Å²) in [5, 5.41) is 4.87. The van der Waals surface area contributed by atoms with Crippen molar-refractivity contribution < 1.29 is 9.59 Å². The normalized spacial score (nSPS) is 25.2. The van der Waals surface area contributed by atoms with E-state index in [0.29, 0.717) is 44.6 Å². The van der Waals surface area contributed by atoms with Gasteiger partial charge in [-0.1, -0.05) is 67.4 Å². The number of hydrogen-bond acceptors (Lipinski definition) is 5. The average molecular weight is 559 g/mol. The lowest BCUT2D eigenvalue weighted by molar-refractivity contribution is -0.123. The Balaban J connectivity index is 1.52. The van der Waals surface area contributed by atoms with Crippen LogP contribution in [0, 0.1) is 17.8 Å². The topological polar surface area (TPSA) is 84.3 Å². The maximum Gasteiger partial charge on any atom is 0.266 e. The molecule has 2 fully saturated rings. The van der Waals surface area contributed by atoms with E-state index in [1.807, 2.05) is 36.4 Å². The molecule has 3 aliphatic heterocycles. The molecule has 3 aliphatic rings. The zero-order valence-corrected chi connectivity index (χ0v) is 22.7. The number of anilines is 1. The van der Waals surface area contributed by atoms with Crippen LogP contribution in [-0.4, -0.2) is 27.4 Å². The highest BCUT2D eigenvalue weighted by Crippen LogP contribution is 2.56. The van der Waals surface area contributed by atoms with Crippen molar-refractivity contribution in [1.29, 1.82) is 0 Å². The third-order valence-corrected chi connectivity index (χ3v) is 8.63. The zero-order chi connectivity index (χ0) is 27.2. The van der Waals surface area contributed by atoms with Gasteiger partial charge in [-0.05, 0) is 48.7 Å². The molecule has 3 aromatic carbocycles. The molecule has 1 aromatic heterocycles. The molecule has 0 aliphatic carbocycles. The van der Waals surface area contributed by atoms with E-state index in [1.54, 1.807) is 34.9 Å². The Hall–Kier alpha value is -3.52. The summed E-state index contributed by atoms with van der Waals surface area (Å²) in [5.74, 6) is -1.49. The molecule has 2 saturated heterocycles. The van der Waals surface area contributed by atoms with Gasteiger partial charge in [0.25, 0.3) is 5.56 Å². The second kappa shape index (κ2) is 8.49. The van der Waals surface area contributed by atoms with Crippen LogP contribution in [0.5, 0.6) is 0 Å². The third-order valence-electron chi connectivity index (χ3n) is 8.19. The number of fused-ring (bicyclic) bond motifs is 8. The summed E-state index contributed by atoms with van der Waals surface area (Å²) in [7, 11) is 0. The number of benzene rings is 3. The molecule has 4 unspecified atom stereocenters. The molecule has 0 bridgehead atoms. The number of imide groups is 1. The first-order valence-electron chi connectivity index (χ1n) is 13.0. The van der Waals surface area contributed by atoms with E-state index in [0.717, 1.165) is 5.56 Å². The monoisotopic (exact) mass is 558 g/mol. The largest absolute Gasteiger partial charge is 0.297 e. The van der Waals surface area contributed by atoms with Gasteiger partial charge in [0.15, 0.2) is 0 Å². The third kappa shape index (κ3) is 3.27. The van der Waals surface area contributed by atoms with Crippen molar-refractivity contribution in [2.75, 3.05) is 4.90 Å². The molecule has 7 rings (SSSR count). The number of amides is 2. The van der Waals surface area contributed by atoms with Crippen molar-refractivity contribution >= 4 is 51.6 Å². The van der Waals surface area contributed by atoms with Crippen molar-refractivity contribution in [2.24, 2.45) is 17.8 Å². The van der Waals surface area contributed by atoms with Crippen molar-refractivity contribution in [1.82, 2.24) is 14.9 Å². The van der Waals surface area contributed by atoms with Gasteiger partial charge in [-0.25, -0.2) is 9.88 Å². The molecule has 1 spiro atoms. The predicted molar refractivity (Wildman–Crippen MR) is 150 cm³/mol. The van der Waals surface area contributed by atoms with Gasteiger partial charge in [0.1, 0.15) is 11.4 Å². The summed E-state index contributed by atoms with van der Waals surface area (Å²) in [6.07, 6.45) is 0.659. The SMILES string of the molecule is CC(C)CC1NC2(c3ccccc3-n3c2nc2ccccc2c3=O)C2C(=O)N(c3cc(Cl)cc(Cl)c3)C(=O)C12. The average Bonchev–Trinajstić information content (AvgIpc) is 3.46. The zero-order valence-electron chi connectivity index (χ0n) is 21.2. The van der Waals surface area contributed by atoms with Gasteiger partial charge < -0.3 is 0 Å².